The Labute approximate surface area is 127 Å². The molecule has 1 heterocycles. The molecule has 1 fully saturated rings. The second-order valence-electron chi connectivity index (χ2n) is 5.33. The zero-order valence-electron chi connectivity index (χ0n) is 12.2. The van der Waals surface area contributed by atoms with E-state index < -0.39 is 0 Å². The van der Waals surface area contributed by atoms with Crippen molar-refractivity contribution in [2.75, 3.05) is 6.61 Å². The molecule has 1 aromatic heterocycles. The van der Waals surface area contributed by atoms with E-state index in [2.05, 4.69) is 10.3 Å². The first kappa shape index (κ1) is 14.6. The Morgan fingerprint density at radius 3 is 3.05 bits per heavy atom. The lowest BCUT2D eigenvalue weighted by Crippen LogP contribution is -2.43. The van der Waals surface area contributed by atoms with Crippen LogP contribution in [0.15, 0.2) is 34.9 Å². The summed E-state index contributed by atoms with van der Waals surface area (Å²) >= 11 is 0. The van der Waals surface area contributed by atoms with Gasteiger partial charge in [-0.2, -0.15) is 4.98 Å². The molecular weight excluding hydrogens is 287 g/mol. The van der Waals surface area contributed by atoms with Crippen LogP contribution in [-0.4, -0.2) is 23.5 Å². The first-order chi connectivity index (χ1) is 10.7. The lowest BCUT2D eigenvalue weighted by molar-refractivity contribution is 0.0903. The van der Waals surface area contributed by atoms with E-state index in [9.17, 15) is 9.18 Å². The van der Waals surface area contributed by atoms with Crippen LogP contribution < -0.4 is 10.1 Å². The van der Waals surface area contributed by atoms with E-state index in [0.29, 0.717) is 6.61 Å². The maximum atomic E-state index is 13.2. The summed E-state index contributed by atoms with van der Waals surface area (Å²) in [7, 11) is 0. The number of benzene rings is 1. The maximum Gasteiger partial charge on any atom is 0.394 e. The van der Waals surface area contributed by atoms with Gasteiger partial charge in [0.1, 0.15) is 12.1 Å². The summed E-state index contributed by atoms with van der Waals surface area (Å²) in [5.41, 5.74) is 1.18. The van der Waals surface area contributed by atoms with Gasteiger partial charge in [0.25, 0.3) is 5.91 Å². The molecular formula is C16H17FN2O3. The van der Waals surface area contributed by atoms with Crippen LogP contribution in [0.3, 0.4) is 0 Å². The minimum absolute atomic E-state index is 0.0769. The molecule has 1 saturated carbocycles. The van der Waals surface area contributed by atoms with Crippen molar-refractivity contribution in [1.29, 1.82) is 0 Å². The topological polar surface area (TPSA) is 64.4 Å². The summed E-state index contributed by atoms with van der Waals surface area (Å²) in [6.07, 6.45) is 2.97. The van der Waals surface area contributed by atoms with Gasteiger partial charge in [-0.15, -0.1) is 0 Å². The van der Waals surface area contributed by atoms with Gasteiger partial charge in [0.2, 0.25) is 0 Å². The number of amides is 1. The molecule has 0 bridgehead atoms. The molecule has 2 aromatic rings. The van der Waals surface area contributed by atoms with E-state index in [1.54, 1.807) is 12.1 Å². The largest absolute Gasteiger partial charge is 0.450 e. The smallest absolute Gasteiger partial charge is 0.394 e. The number of carbonyl (C=O) groups is 1. The fraction of sp³-hybridized carbons (Fsp3) is 0.375. The van der Waals surface area contributed by atoms with Crippen molar-refractivity contribution in [3.05, 3.63) is 47.6 Å². The lowest BCUT2D eigenvalue weighted by Gasteiger charge is -2.36. The summed E-state index contributed by atoms with van der Waals surface area (Å²) in [5, 5.41) is 2.89. The Morgan fingerprint density at radius 1 is 1.50 bits per heavy atom. The molecule has 1 aromatic carbocycles. The molecule has 6 heteroatoms. The van der Waals surface area contributed by atoms with E-state index in [0.717, 1.165) is 18.4 Å². The first-order valence-electron chi connectivity index (χ1n) is 7.30. The van der Waals surface area contributed by atoms with Crippen molar-refractivity contribution in [1.82, 2.24) is 10.3 Å². The first-order valence-corrected chi connectivity index (χ1v) is 7.30. The van der Waals surface area contributed by atoms with Crippen LogP contribution in [0.4, 0.5) is 4.39 Å². The molecule has 22 heavy (non-hydrogen) atoms. The predicted molar refractivity (Wildman–Crippen MR) is 77.3 cm³/mol. The Morgan fingerprint density at radius 2 is 2.32 bits per heavy atom. The van der Waals surface area contributed by atoms with Gasteiger partial charge >= 0.3 is 6.08 Å². The standard InChI is InChI=1S/C16H17FN2O3/c1-2-21-16-19-14(9-22-16)15(20)18-13-7-11(8-13)10-4-3-5-12(17)6-10/h3-6,9,11,13H,2,7-8H2,1H3,(H,18,20). The molecule has 0 atom stereocenters. The molecule has 0 radical (unpaired) electrons. The molecule has 1 N–H and O–H groups in total. The Bertz CT molecular complexity index is 665. The molecule has 116 valence electrons. The Hall–Kier alpha value is -2.37. The summed E-state index contributed by atoms with van der Waals surface area (Å²) in [6, 6.07) is 6.68. The zero-order chi connectivity index (χ0) is 15.5. The monoisotopic (exact) mass is 304 g/mol. The molecule has 0 aliphatic heterocycles. The maximum absolute atomic E-state index is 13.2. The third kappa shape index (κ3) is 3.10. The van der Waals surface area contributed by atoms with Crippen molar-refractivity contribution in [2.45, 2.75) is 31.7 Å². The molecule has 3 rings (SSSR count). The quantitative estimate of drug-likeness (QED) is 0.922. The summed E-state index contributed by atoms with van der Waals surface area (Å²) in [4.78, 5) is 16.0. The van der Waals surface area contributed by atoms with Crippen molar-refractivity contribution in [3.8, 4) is 6.08 Å². The Balaban J connectivity index is 1.52. The minimum Gasteiger partial charge on any atom is -0.450 e. The van der Waals surface area contributed by atoms with Crippen LogP contribution in [0.25, 0.3) is 0 Å². The SMILES string of the molecule is CCOc1nc(C(=O)NC2CC(c3cccc(F)c3)C2)co1. The van der Waals surface area contributed by atoms with Crippen molar-refractivity contribution < 1.29 is 18.3 Å². The van der Waals surface area contributed by atoms with Crippen LogP contribution in [0.2, 0.25) is 0 Å². The number of aromatic nitrogens is 1. The summed E-state index contributed by atoms with van der Waals surface area (Å²) < 4.78 is 23.3. The Kier molecular flexibility index (Phi) is 4.09. The normalized spacial score (nSPS) is 20.3. The van der Waals surface area contributed by atoms with E-state index in [1.807, 2.05) is 13.0 Å². The predicted octanol–water partition coefficient (Wildman–Crippen LogP) is 2.89. The summed E-state index contributed by atoms with van der Waals surface area (Å²) in [5.74, 6) is -0.217. The number of carbonyl (C=O) groups excluding carboxylic acids is 1. The summed E-state index contributed by atoms with van der Waals surface area (Å²) in [6.45, 7) is 2.24. The number of rotatable bonds is 5. The van der Waals surface area contributed by atoms with Crippen molar-refractivity contribution in [2.24, 2.45) is 0 Å². The van der Waals surface area contributed by atoms with E-state index in [1.165, 1.54) is 12.3 Å². The van der Waals surface area contributed by atoms with E-state index >= 15 is 0 Å². The van der Waals surface area contributed by atoms with Crippen LogP contribution in [0.1, 0.15) is 41.7 Å². The lowest BCUT2D eigenvalue weighted by atomic mass is 9.76. The van der Waals surface area contributed by atoms with Gasteiger partial charge in [-0.25, -0.2) is 4.39 Å². The van der Waals surface area contributed by atoms with Gasteiger partial charge < -0.3 is 14.5 Å². The van der Waals surface area contributed by atoms with Crippen LogP contribution in [0, 0.1) is 5.82 Å². The second-order valence-corrected chi connectivity index (χ2v) is 5.33. The number of hydrogen-bond acceptors (Lipinski definition) is 4. The average Bonchev–Trinajstić information content (AvgIpc) is 2.91. The van der Waals surface area contributed by atoms with Crippen LogP contribution in [-0.2, 0) is 0 Å². The molecule has 1 aliphatic rings. The fourth-order valence-corrected chi connectivity index (χ4v) is 2.58. The zero-order valence-corrected chi connectivity index (χ0v) is 12.2. The number of ether oxygens (including phenoxy) is 1. The molecule has 1 amide bonds. The average molecular weight is 304 g/mol. The van der Waals surface area contributed by atoms with Crippen LogP contribution in [0.5, 0.6) is 6.08 Å². The van der Waals surface area contributed by atoms with Crippen molar-refractivity contribution in [3.63, 3.8) is 0 Å². The molecule has 0 saturated heterocycles. The van der Waals surface area contributed by atoms with Gasteiger partial charge in [0.05, 0.1) is 6.61 Å². The highest BCUT2D eigenvalue weighted by atomic mass is 19.1. The highest BCUT2D eigenvalue weighted by molar-refractivity contribution is 5.92. The fourth-order valence-electron chi connectivity index (χ4n) is 2.58. The highest BCUT2D eigenvalue weighted by Crippen LogP contribution is 2.37. The van der Waals surface area contributed by atoms with Crippen molar-refractivity contribution >= 4 is 5.91 Å². The molecule has 1 aliphatic carbocycles. The van der Waals surface area contributed by atoms with Gasteiger partial charge in [-0.3, -0.25) is 4.79 Å². The number of halogens is 1. The van der Waals surface area contributed by atoms with Gasteiger partial charge in [-0.05, 0) is 43.4 Å². The highest BCUT2D eigenvalue weighted by Gasteiger charge is 2.32. The second kappa shape index (κ2) is 6.17. The molecule has 5 nitrogen and oxygen atoms in total. The third-order valence-electron chi connectivity index (χ3n) is 3.78. The minimum atomic E-state index is -0.280. The number of oxazole rings is 1. The van der Waals surface area contributed by atoms with Crippen LogP contribution >= 0.6 is 0 Å². The van der Waals surface area contributed by atoms with Gasteiger partial charge in [0.15, 0.2) is 5.69 Å². The van der Waals surface area contributed by atoms with E-state index in [-0.39, 0.29) is 35.5 Å². The van der Waals surface area contributed by atoms with Gasteiger partial charge in [-0.1, -0.05) is 12.1 Å². The number of nitrogens with one attached hydrogen (secondary N) is 1. The molecule has 0 unspecified atom stereocenters. The molecule has 0 spiro atoms. The van der Waals surface area contributed by atoms with E-state index in [4.69, 9.17) is 9.15 Å². The van der Waals surface area contributed by atoms with Gasteiger partial charge in [0, 0.05) is 6.04 Å². The number of hydrogen-bond donors (Lipinski definition) is 1. The number of nitrogens with zero attached hydrogens (tertiary/aromatic N) is 1. The third-order valence-corrected chi connectivity index (χ3v) is 3.78.